The van der Waals surface area contributed by atoms with Crippen molar-refractivity contribution in [3.8, 4) is 0 Å². The molecule has 4 aromatic rings. The first kappa shape index (κ1) is 17.1. The summed E-state index contributed by atoms with van der Waals surface area (Å²) in [6.45, 7) is 1.60. The molecule has 2 aromatic carbocycles. The minimum absolute atomic E-state index is 0.145. The third-order valence-electron chi connectivity index (χ3n) is 4.37. The van der Waals surface area contributed by atoms with Gasteiger partial charge in [0.25, 0.3) is 5.91 Å². The molecule has 27 heavy (non-hydrogen) atoms. The van der Waals surface area contributed by atoms with Crippen LogP contribution in [0, 0.1) is 0 Å². The summed E-state index contributed by atoms with van der Waals surface area (Å²) in [6.07, 6.45) is 1.76. The average molecular weight is 361 g/mol. The van der Waals surface area contributed by atoms with Crippen molar-refractivity contribution in [3.63, 3.8) is 0 Å². The van der Waals surface area contributed by atoms with Crippen LogP contribution in [0.1, 0.15) is 15.9 Å². The van der Waals surface area contributed by atoms with E-state index in [4.69, 9.17) is 4.74 Å². The number of nitrogens with zero attached hydrogens (tertiary/aromatic N) is 4. The molecular weight excluding hydrogens is 342 g/mol. The number of ether oxygens (including phenoxy) is 1. The normalized spacial score (nSPS) is 11.1. The largest absolute Gasteiger partial charge is 0.383 e. The lowest BCUT2D eigenvalue weighted by atomic mass is 10.1. The molecule has 2 heterocycles. The fraction of sp³-hybridized carbons (Fsp3) is 0.200. The number of amides is 1. The molecule has 0 aliphatic rings. The van der Waals surface area contributed by atoms with Crippen LogP contribution in [0.4, 0.5) is 0 Å². The molecule has 0 radical (unpaired) electrons. The van der Waals surface area contributed by atoms with Crippen LogP contribution < -0.4 is 5.32 Å². The second-order valence-corrected chi connectivity index (χ2v) is 6.21. The number of aromatic nitrogens is 4. The van der Waals surface area contributed by atoms with E-state index < -0.39 is 0 Å². The zero-order valence-electron chi connectivity index (χ0n) is 14.9. The van der Waals surface area contributed by atoms with Crippen LogP contribution >= 0.6 is 0 Å². The third-order valence-corrected chi connectivity index (χ3v) is 4.37. The highest BCUT2D eigenvalue weighted by atomic mass is 16.5. The van der Waals surface area contributed by atoms with Crippen molar-refractivity contribution < 1.29 is 9.53 Å². The zero-order valence-corrected chi connectivity index (χ0v) is 14.9. The molecule has 7 heteroatoms. The Morgan fingerprint density at radius 2 is 2.00 bits per heavy atom. The number of hydrogen-bond donors (Lipinski definition) is 1. The molecule has 0 aliphatic heterocycles. The maximum atomic E-state index is 12.4. The van der Waals surface area contributed by atoms with Crippen LogP contribution in [-0.2, 0) is 11.3 Å². The van der Waals surface area contributed by atoms with Crippen LogP contribution in [0.25, 0.3) is 22.1 Å². The highest BCUT2D eigenvalue weighted by Crippen LogP contribution is 2.23. The monoisotopic (exact) mass is 361 g/mol. The molecule has 0 aliphatic carbocycles. The van der Waals surface area contributed by atoms with Gasteiger partial charge in [-0.05, 0) is 23.8 Å². The molecule has 2 aromatic heterocycles. The molecule has 0 saturated heterocycles. The molecule has 0 atom stereocenters. The third kappa shape index (κ3) is 3.50. The summed E-state index contributed by atoms with van der Waals surface area (Å²) in [6, 6.07) is 15.6. The van der Waals surface area contributed by atoms with Gasteiger partial charge in [0.2, 0.25) is 5.65 Å². The number of benzene rings is 2. The molecule has 0 spiro atoms. The van der Waals surface area contributed by atoms with Gasteiger partial charge in [-0.25, -0.2) is 4.98 Å². The minimum atomic E-state index is -0.145. The average Bonchev–Trinajstić information content (AvgIpc) is 3.12. The topological polar surface area (TPSA) is 81.9 Å². The molecule has 0 fully saturated rings. The van der Waals surface area contributed by atoms with Crippen molar-refractivity contribution in [2.45, 2.75) is 6.54 Å². The maximum absolute atomic E-state index is 12.4. The highest BCUT2D eigenvalue weighted by Gasteiger charge is 2.13. The molecule has 136 valence electrons. The van der Waals surface area contributed by atoms with Gasteiger partial charge in [0.15, 0.2) is 0 Å². The molecule has 1 N–H and O–H groups in total. The Balaban J connectivity index is 1.75. The number of carbonyl (C=O) groups excluding carboxylic acids is 1. The molecule has 7 nitrogen and oxygen atoms in total. The van der Waals surface area contributed by atoms with Crippen molar-refractivity contribution in [2.24, 2.45) is 0 Å². The van der Waals surface area contributed by atoms with E-state index in [0.29, 0.717) is 30.9 Å². The lowest BCUT2D eigenvalue weighted by molar-refractivity contribution is 0.0937. The minimum Gasteiger partial charge on any atom is -0.383 e. The van der Waals surface area contributed by atoms with Gasteiger partial charge in [0.1, 0.15) is 0 Å². The number of fused-ring (bicyclic) bond motifs is 3. The first-order valence-electron chi connectivity index (χ1n) is 8.68. The summed E-state index contributed by atoms with van der Waals surface area (Å²) in [7, 11) is 1.60. The summed E-state index contributed by atoms with van der Waals surface area (Å²) in [5.74, 6) is -0.145. The Kier molecular flexibility index (Phi) is 4.76. The van der Waals surface area contributed by atoms with Crippen molar-refractivity contribution in [3.05, 3.63) is 66.0 Å². The van der Waals surface area contributed by atoms with Gasteiger partial charge in [-0.15, -0.1) is 10.2 Å². The predicted octanol–water partition coefficient (Wildman–Crippen LogP) is 2.40. The Bertz CT molecular complexity index is 1090. The van der Waals surface area contributed by atoms with E-state index in [2.05, 4.69) is 32.6 Å². The lowest BCUT2D eigenvalue weighted by Crippen LogP contribution is -2.26. The van der Waals surface area contributed by atoms with Crippen molar-refractivity contribution in [1.29, 1.82) is 0 Å². The summed E-state index contributed by atoms with van der Waals surface area (Å²) < 4.78 is 7.01. The van der Waals surface area contributed by atoms with E-state index in [1.54, 1.807) is 19.5 Å². The number of nitrogens with one attached hydrogen (secondary N) is 1. The van der Waals surface area contributed by atoms with E-state index in [1.807, 2.05) is 34.9 Å². The zero-order chi connectivity index (χ0) is 18.6. The molecule has 0 bridgehead atoms. The molecule has 1 amide bonds. The van der Waals surface area contributed by atoms with E-state index in [-0.39, 0.29) is 5.91 Å². The van der Waals surface area contributed by atoms with Crippen LogP contribution in [-0.4, -0.2) is 45.9 Å². The Morgan fingerprint density at radius 1 is 1.15 bits per heavy atom. The first-order valence-corrected chi connectivity index (χ1v) is 8.68. The Morgan fingerprint density at radius 3 is 2.81 bits per heavy atom. The Labute approximate surface area is 156 Å². The molecule has 4 rings (SSSR count). The number of rotatable bonds is 6. The molecule has 0 saturated carbocycles. The van der Waals surface area contributed by atoms with E-state index in [1.165, 1.54) is 0 Å². The van der Waals surface area contributed by atoms with Crippen LogP contribution in [0.2, 0.25) is 0 Å². The second kappa shape index (κ2) is 7.51. The van der Waals surface area contributed by atoms with Gasteiger partial charge in [0, 0.05) is 31.1 Å². The highest BCUT2D eigenvalue weighted by molar-refractivity contribution is 6.05. The van der Waals surface area contributed by atoms with Crippen LogP contribution in [0.3, 0.4) is 0 Å². The van der Waals surface area contributed by atoms with Gasteiger partial charge in [-0.1, -0.05) is 30.3 Å². The summed E-state index contributed by atoms with van der Waals surface area (Å²) in [4.78, 5) is 16.8. The number of hydrogen-bond acceptors (Lipinski definition) is 5. The second-order valence-electron chi connectivity index (χ2n) is 6.21. The fourth-order valence-corrected chi connectivity index (χ4v) is 3.04. The van der Waals surface area contributed by atoms with Crippen molar-refractivity contribution in [2.75, 3.05) is 20.3 Å². The molecular formula is C20H19N5O2. The fourth-order valence-electron chi connectivity index (χ4n) is 3.04. The number of carbonyl (C=O) groups is 1. The SMILES string of the molecule is COCCNC(=O)c1ccc2nnc3ncn(Cc4ccccc4)c3c2c1. The molecule has 0 unspecified atom stereocenters. The quantitative estimate of drug-likeness (QED) is 0.533. The van der Waals surface area contributed by atoms with Gasteiger partial charge in [-0.2, -0.15) is 0 Å². The van der Waals surface area contributed by atoms with Gasteiger partial charge in [0.05, 0.1) is 24.0 Å². The van der Waals surface area contributed by atoms with Gasteiger partial charge >= 0.3 is 0 Å². The standard InChI is InChI=1S/C20H19N5O2/c1-27-10-9-21-20(26)15-7-8-17-16(11-15)18-19(24-23-17)22-13-25(18)12-14-5-3-2-4-6-14/h2-8,11,13H,9-10,12H2,1H3,(H,21,26). The smallest absolute Gasteiger partial charge is 0.251 e. The predicted molar refractivity (Wildman–Crippen MR) is 103 cm³/mol. The van der Waals surface area contributed by atoms with Crippen LogP contribution in [0.5, 0.6) is 0 Å². The number of methoxy groups -OCH3 is 1. The van der Waals surface area contributed by atoms with Crippen molar-refractivity contribution >= 4 is 28.0 Å². The van der Waals surface area contributed by atoms with E-state index >= 15 is 0 Å². The maximum Gasteiger partial charge on any atom is 0.251 e. The lowest BCUT2D eigenvalue weighted by Gasteiger charge is -2.08. The van der Waals surface area contributed by atoms with Gasteiger partial charge in [-0.3, -0.25) is 4.79 Å². The van der Waals surface area contributed by atoms with Crippen LogP contribution in [0.15, 0.2) is 54.9 Å². The first-order chi connectivity index (χ1) is 13.3. The summed E-state index contributed by atoms with van der Waals surface area (Å²) in [5.41, 5.74) is 3.90. The Hall–Kier alpha value is -3.32. The van der Waals surface area contributed by atoms with E-state index in [9.17, 15) is 4.79 Å². The van der Waals surface area contributed by atoms with Crippen molar-refractivity contribution in [1.82, 2.24) is 25.1 Å². The summed E-state index contributed by atoms with van der Waals surface area (Å²) in [5, 5.41) is 12.1. The number of imidazole rings is 1. The van der Waals surface area contributed by atoms with Gasteiger partial charge < -0.3 is 14.6 Å². The summed E-state index contributed by atoms with van der Waals surface area (Å²) >= 11 is 0. The van der Waals surface area contributed by atoms with E-state index in [0.717, 1.165) is 22.0 Å².